The maximum Gasteiger partial charge on any atom is 0.160 e. The Kier molecular flexibility index (Phi) is 2.31. The average Bonchev–Trinajstić information content (AvgIpc) is 1.93. The fraction of sp³-hybridized carbons (Fsp3) is 0.375. The number of ether oxygens (including phenoxy) is 1. The Hall–Kier alpha value is -1.25. The summed E-state index contributed by atoms with van der Waals surface area (Å²) in [6, 6.07) is 1.72. The SMILES string of the molecule is CC(C)Oc1cnccc1N. The van der Waals surface area contributed by atoms with Crippen LogP contribution >= 0.6 is 0 Å². The van der Waals surface area contributed by atoms with E-state index in [1.165, 1.54) is 0 Å². The molecule has 1 aromatic heterocycles. The van der Waals surface area contributed by atoms with Gasteiger partial charge in [0.2, 0.25) is 0 Å². The van der Waals surface area contributed by atoms with Crippen LogP contribution in [-0.4, -0.2) is 11.1 Å². The predicted molar refractivity (Wildman–Crippen MR) is 44.4 cm³/mol. The fourth-order valence-corrected chi connectivity index (χ4v) is 0.743. The minimum absolute atomic E-state index is 0.140. The zero-order chi connectivity index (χ0) is 8.27. The Labute approximate surface area is 66.2 Å². The van der Waals surface area contributed by atoms with E-state index < -0.39 is 0 Å². The molecule has 11 heavy (non-hydrogen) atoms. The molecule has 0 aromatic carbocycles. The smallest absolute Gasteiger partial charge is 0.160 e. The van der Waals surface area contributed by atoms with Crippen LogP contribution in [0.1, 0.15) is 13.8 Å². The number of hydrogen-bond donors (Lipinski definition) is 1. The Morgan fingerprint density at radius 3 is 2.82 bits per heavy atom. The van der Waals surface area contributed by atoms with Crippen LogP contribution in [0.4, 0.5) is 5.69 Å². The summed E-state index contributed by atoms with van der Waals surface area (Å²) in [6.07, 6.45) is 3.40. The molecule has 0 amide bonds. The Morgan fingerprint density at radius 1 is 1.55 bits per heavy atom. The summed E-state index contributed by atoms with van der Waals surface area (Å²) in [5.74, 6) is 0.655. The summed E-state index contributed by atoms with van der Waals surface area (Å²) in [5.41, 5.74) is 6.24. The molecule has 1 rings (SSSR count). The highest BCUT2D eigenvalue weighted by molar-refractivity contribution is 5.49. The van der Waals surface area contributed by atoms with Gasteiger partial charge >= 0.3 is 0 Å². The number of nitrogen functional groups attached to an aromatic ring is 1. The molecule has 0 atom stereocenters. The van der Waals surface area contributed by atoms with Crippen molar-refractivity contribution in [3.05, 3.63) is 18.5 Å². The summed E-state index contributed by atoms with van der Waals surface area (Å²) in [4.78, 5) is 3.89. The molecule has 0 fully saturated rings. The van der Waals surface area contributed by atoms with Gasteiger partial charge in [0, 0.05) is 6.20 Å². The highest BCUT2D eigenvalue weighted by Crippen LogP contribution is 2.19. The molecule has 2 N–H and O–H groups in total. The molecule has 0 bridgehead atoms. The van der Waals surface area contributed by atoms with Gasteiger partial charge in [-0.15, -0.1) is 0 Å². The molecule has 0 radical (unpaired) electrons. The van der Waals surface area contributed by atoms with Crippen LogP contribution in [-0.2, 0) is 0 Å². The number of pyridine rings is 1. The molecule has 1 heterocycles. The molecule has 0 saturated carbocycles. The molecule has 0 spiro atoms. The fourth-order valence-electron chi connectivity index (χ4n) is 0.743. The Balaban J connectivity index is 2.78. The van der Waals surface area contributed by atoms with Gasteiger partial charge in [-0.3, -0.25) is 4.98 Å². The van der Waals surface area contributed by atoms with Gasteiger partial charge in [-0.05, 0) is 19.9 Å². The number of hydrogen-bond acceptors (Lipinski definition) is 3. The van der Waals surface area contributed by atoms with Crippen LogP contribution in [0.15, 0.2) is 18.5 Å². The largest absolute Gasteiger partial charge is 0.487 e. The predicted octanol–water partition coefficient (Wildman–Crippen LogP) is 1.45. The van der Waals surface area contributed by atoms with Crippen molar-refractivity contribution >= 4 is 5.69 Å². The monoisotopic (exact) mass is 152 g/mol. The van der Waals surface area contributed by atoms with Crippen molar-refractivity contribution in [2.75, 3.05) is 5.73 Å². The molecule has 0 unspecified atom stereocenters. The maximum absolute atomic E-state index is 5.60. The molecule has 0 aliphatic rings. The zero-order valence-corrected chi connectivity index (χ0v) is 6.74. The van der Waals surface area contributed by atoms with Crippen molar-refractivity contribution in [1.82, 2.24) is 4.98 Å². The molecule has 1 aromatic rings. The van der Waals surface area contributed by atoms with E-state index >= 15 is 0 Å². The minimum Gasteiger partial charge on any atom is -0.487 e. The lowest BCUT2D eigenvalue weighted by atomic mass is 10.4. The number of aromatic nitrogens is 1. The van der Waals surface area contributed by atoms with E-state index in [1.807, 2.05) is 13.8 Å². The van der Waals surface area contributed by atoms with Crippen molar-refractivity contribution in [3.8, 4) is 5.75 Å². The first-order chi connectivity index (χ1) is 5.20. The third-order valence-corrected chi connectivity index (χ3v) is 1.18. The molecule has 60 valence electrons. The molecular weight excluding hydrogens is 140 g/mol. The van der Waals surface area contributed by atoms with Crippen LogP contribution in [0, 0.1) is 0 Å². The maximum atomic E-state index is 5.60. The second kappa shape index (κ2) is 3.23. The van der Waals surface area contributed by atoms with E-state index in [4.69, 9.17) is 10.5 Å². The molecule has 0 aliphatic carbocycles. The van der Waals surface area contributed by atoms with Gasteiger partial charge in [-0.2, -0.15) is 0 Å². The van der Waals surface area contributed by atoms with Gasteiger partial charge < -0.3 is 10.5 Å². The van der Waals surface area contributed by atoms with Crippen molar-refractivity contribution < 1.29 is 4.74 Å². The Morgan fingerprint density at radius 2 is 2.27 bits per heavy atom. The van der Waals surface area contributed by atoms with Gasteiger partial charge in [0.05, 0.1) is 18.0 Å². The van der Waals surface area contributed by atoms with Crippen molar-refractivity contribution in [2.45, 2.75) is 20.0 Å². The second-order valence-corrected chi connectivity index (χ2v) is 2.58. The molecule has 0 aliphatic heterocycles. The lowest BCUT2D eigenvalue weighted by Gasteiger charge is -2.10. The molecule has 0 saturated heterocycles. The topological polar surface area (TPSA) is 48.1 Å². The number of anilines is 1. The summed E-state index contributed by atoms with van der Waals surface area (Å²) in [6.45, 7) is 3.90. The number of nitrogens with zero attached hydrogens (tertiary/aromatic N) is 1. The van der Waals surface area contributed by atoms with Crippen LogP contribution in [0.25, 0.3) is 0 Å². The summed E-state index contributed by atoms with van der Waals surface area (Å²) >= 11 is 0. The van der Waals surface area contributed by atoms with Crippen molar-refractivity contribution in [3.63, 3.8) is 0 Å². The normalized spacial score (nSPS) is 10.1. The summed E-state index contributed by atoms with van der Waals surface area (Å²) < 4.78 is 5.36. The van der Waals surface area contributed by atoms with Gasteiger partial charge in [-0.25, -0.2) is 0 Å². The van der Waals surface area contributed by atoms with E-state index in [9.17, 15) is 0 Å². The van der Waals surface area contributed by atoms with E-state index in [2.05, 4.69) is 4.98 Å². The zero-order valence-electron chi connectivity index (χ0n) is 6.74. The lowest BCUT2D eigenvalue weighted by molar-refractivity contribution is 0.243. The van der Waals surface area contributed by atoms with Crippen molar-refractivity contribution in [2.24, 2.45) is 0 Å². The number of rotatable bonds is 2. The van der Waals surface area contributed by atoms with Crippen LogP contribution in [0.2, 0.25) is 0 Å². The standard InChI is InChI=1S/C8H12N2O/c1-6(2)11-8-5-10-4-3-7(8)9/h3-6H,1-2H3,(H2,9,10). The van der Waals surface area contributed by atoms with Gasteiger partial charge in [-0.1, -0.05) is 0 Å². The highest BCUT2D eigenvalue weighted by atomic mass is 16.5. The van der Waals surface area contributed by atoms with E-state index in [1.54, 1.807) is 18.5 Å². The van der Waals surface area contributed by atoms with Crippen LogP contribution in [0.3, 0.4) is 0 Å². The van der Waals surface area contributed by atoms with Gasteiger partial charge in [0.1, 0.15) is 0 Å². The Bertz CT molecular complexity index is 235. The first kappa shape index (κ1) is 7.85. The summed E-state index contributed by atoms with van der Waals surface area (Å²) in [5, 5.41) is 0. The van der Waals surface area contributed by atoms with E-state index in [0.717, 1.165) is 0 Å². The number of nitrogens with two attached hydrogens (primary N) is 1. The average molecular weight is 152 g/mol. The van der Waals surface area contributed by atoms with Gasteiger partial charge in [0.25, 0.3) is 0 Å². The van der Waals surface area contributed by atoms with Crippen LogP contribution in [0.5, 0.6) is 5.75 Å². The second-order valence-electron chi connectivity index (χ2n) is 2.58. The minimum atomic E-state index is 0.140. The van der Waals surface area contributed by atoms with E-state index in [-0.39, 0.29) is 6.10 Å². The first-order valence-corrected chi connectivity index (χ1v) is 3.56. The van der Waals surface area contributed by atoms with Gasteiger partial charge in [0.15, 0.2) is 5.75 Å². The molecule has 3 nitrogen and oxygen atoms in total. The van der Waals surface area contributed by atoms with Crippen molar-refractivity contribution in [1.29, 1.82) is 0 Å². The quantitative estimate of drug-likeness (QED) is 0.697. The molecule has 3 heteroatoms. The molecular formula is C8H12N2O. The van der Waals surface area contributed by atoms with E-state index in [0.29, 0.717) is 11.4 Å². The lowest BCUT2D eigenvalue weighted by Crippen LogP contribution is -2.07. The third kappa shape index (κ3) is 2.11. The summed E-state index contributed by atoms with van der Waals surface area (Å²) in [7, 11) is 0. The first-order valence-electron chi connectivity index (χ1n) is 3.56. The highest BCUT2D eigenvalue weighted by Gasteiger charge is 2.00. The van der Waals surface area contributed by atoms with Crippen LogP contribution < -0.4 is 10.5 Å². The third-order valence-electron chi connectivity index (χ3n) is 1.18.